The number of carbonyl (C=O) groups is 2. The van der Waals surface area contributed by atoms with Gasteiger partial charge in [0.1, 0.15) is 11.5 Å². The van der Waals surface area contributed by atoms with Crippen LogP contribution in [0.1, 0.15) is 22.8 Å². The quantitative estimate of drug-likeness (QED) is 0.679. The standard InChI is InChI=1S/C17H17NO4/c1-11-4-3-5-15(10-11)21-12(2)17(20)22-14-8-6-13(7-9-14)16(18)19/h3-10,12H,1-2H3,(H2,18,19)/t12-/m0/s1. The predicted octanol–water partition coefficient (Wildman–Crippen LogP) is 2.47. The van der Waals surface area contributed by atoms with E-state index in [2.05, 4.69) is 0 Å². The second-order valence-electron chi connectivity index (χ2n) is 4.89. The van der Waals surface area contributed by atoms with Gasteiger partial charge in [0.2, 0.25) is 5.91 Å². The van der Waals surface area contributed by atoms with Crippen molar-refractivity contribution in [2.24, 2.45) is 5.73 Å². The maximum Gasteiger partial charge on any atom is 0.352 e. The molecule has 5 nitrogen and oxygen atoms in total. The minimum absolute atomic E-state index is 0.328. The summed E-state index contributed by atoms with van der Waals surface area (Å²) in [6, 6.07) is 13.4. The number of nitrogens with two attached hydrogens (primary N) is 1. The number of hydrogen-bond donors (Lipinski definition) is 1. The lowest BCUT2D eigenvalue weighted by molar-refractivity contribution is -0.141. The molecule has 114 valence electrons. The molecule has 2 N–H and O–H groups in total. The summed E-state index contributed by atoms with van der Waals surface area (Å²) in [6.45, 7) is 3.55. The highest BCUT2D eigenvalue weighted by atomic mass is 16.6. The number of primary amides is 1. The van der Waals surface area contributed by atoms with Crippen molar-refractivity contribution in [3.05, 3.63) is 59.7 Å². The zero-order chi connectivity index (χ0) is 16.1. The van der Waals surface area contributed by atoms with Crippen LogP contribution in [0.5, 0.6) is 11.5 Å². The number of hydrogen-bond acceptors (Lipinski definition) is 4. The topological polar surface area (TPSA) is 78.6 Å². The Bertz CT molecular complexity index is 679. The largest absolute Gasteiger partial charge is 0.479 e. The van der Waals surface area contributed by atoms with Gasteiger partial charge in [-0.15, -0.1) is 0 Å². The highest BCUT2D eigenvalue weighted by molar-refractivity contribution is 5.92. The average Bonchev–Trinajstić information content (AvgIpc) is 2.47. The first-order chi connectivity index (χ1) is 10.5. The summed E-state index contributed by atoms with van der Waals surface area (Å²) in [6.07, 6.45) is -0.752. The molecule has 0 aromatic heterocycles. The first kappa shape index (κ1) is 15.6. The van der Waals surface area contributed by atoms with Crippen molar-refractivity contribution in [2.75, 3.05) is 0 Å². The first-order valence-corrected chi connectivity index (χ1v) is 6.80. The van der Waals surface area contributed by atoms with E-state index in [1.165, 1.54) is 24.3 Å². The molecule has 2 aromatic carbocycles. The summed E-state index contributed by atoms with van der Waals surface area (Å²) in [5.41, 5.74) is 6.54. The molecule has 0 saturated carbocycles. The zero-order valence-corrected chi connectivity index (χ0v) is 12.4. The van der Waals surface area contributed by atoms with Crippen LogP contribution < -0.4 is 15.2 Å². The van der Waals surface area contributed by atoms with Crippen molar-refractivity contribution in [3.63, 3.8) is 0 Å². The van der Waals surface area contributed by atoms with Gasteiger partial charge in [-0.25, -0.2) is 4.79 Å². The van der Waals surface area contributed by atoms with Crippen LogP contribution in [-0.2, 0) is 4.79 Å². The number of amides is 1. The maximum absolute atomic E-state index is 12.0. The molecular weight excluding hydrogens is 282 g/mol. The molecule has 2 rings (SSSR count). The smallest absolute Gasteiger partial charge is 0.352 e. The third-order valence-electron chi connectivity index (χ3n) is 2.99. The summed E-state index contributed by atoms with van der Waals surface area (Å²) < 4.78 is 10.7. The number of aryl methyl sites for hydroxylation is 1. The van der Waals surface area contributed by atoms with Crippen LogP contribution in [0.3, 0.4) is 0 Å². The minimum Gasteiger partial charge on any atom is -0.479 e. The highest BCUT2D eigenvalue weighted by Gasteiger charge is 2.17. The lowest BCUT2D eigenvalue weighted by Gasteiger charge is -2.14. The number of benzene rings is 2. The van der Waals surface area contributed by atoms with Gasteiger partial charge in [0.25, 0.3) is 0 Å². The second kappa shape index (κ2) is 6.76. The lowest BCUT2D eigenvalue weighted by Crippen LogP contribution is -2.28. The normalized spacial score (nSPS) is 11.5. The summed E-state index contributed by atoms with van der Waals surface area (Å²) in [5.74, 6) is -0.120. The van der Waals surface area contributed by atoms with E-state index in [4.69, 9.17) is 15.2 Å². The summed E-state index contributed by atoms with van der Waals surface area (Å²) >= 11 is 0. The SMILES string of the molecule is Cc1cccc(O[C@@H](C)C(=O)Oc2ccc(C(N)=O)cc2)c1. The number of rotatable bonds is 5. The van der Waals surface area contributed by atoms with Gasteiger partial charge < -0.3 is 15.2 Å². The van der Waals surface area contributed by atoms with Gasteiger partial charge in [0.15, 0.2) is 6.10 Å². The Kier molecular flexibility index (Phi) is 4.78. The Morgan fingerprint density at radius 2 is 1.73 bits per heavy atom. The Hall–Kier alpha value is -2.82. The van der Waals surface area contributed by atoms with Crippen LogP contribution in [0.4, 0.5) is 0 Å². The van der Waals surface area contributed by atoms with Crippen molar-refractivity contribution in [1.29, 1.82) is 0 Å². The molecule has 0 saturated heterocycles. The predicted molar refractivity (Wildman–Crippen MR) is 81.9 cm³/mol. The molecule has 0 bridgehead atoms. The van der Waals surface area contributed by atoms with Crippen molar-refractivity contribution < 1.29 is 19.1 Å². The molecule has 0 heterocycles. The molecule has 0 aliphatic rings. The van der Waals surface area contributed by atoms with E-state index in [1.54, 1.807) is 13.0 Å². The van der Waals surface area contributed by atoms with Crippen LogP contribution in [-0.4, -0.2) is 18.0 Å². The Morgan fingerprint density at radius 1 is 1.05 bits per heavy atom. The van der Waals surface area contributed by atoms with Gasteiger partial charge in [-0.1, -0.05) is 12.1 Å². The molecule has 0 aliphatic carbocycles. The van der Waals surface area contributed by atoms with Crippen LogP contribution in [0.2, 0.25) is 0 Å². The molecule has 2 aromatic rings. The van der Waals surface area contributed by atoms with Crippen molar-refractivity contribution >= 4 is 11.9 Å². The molecule has 0 fully saturated rings. The lowest BCUT2D eigenvalue weighted by atomic mass is 10.2. The number of ether oxygens (including phenoxy) is 2. The number of carbonyl (C=O) groups excluding carboxylic acids is 2. The van der Waals surface area contributed by atoms with Gasteiger partial charge in [-0.2, -0.15) is 0 Å². The van der Waals surface area contributed by atoms with E-state index in [0.717, 1.165) is 5.56 Å². The fourth-order valence-corrected chi connectivity index (χ4v) is 1.83. The average molecular weight is 299 g/mol. The zero-order valence-electron chi connectivity index (χ0n) is 12.4. The Labute approximate surface area is 128 Å². The second-order valence-corrected chi connectivity index (χ2v) is 4.89. The number of esters is 1. The molecular formula is C17H17NO4. The van der Waals surface area contributed by atoms with Gasteiger partial charge >= 0.3 is 5.97 Å². The van der Waals surface area contributed by atoms with Crippen LogP contribution in [0.15, 0.2) is 48.5 Å². The molecule has 1 amide bonds. The molecule has 0 aliphatic heterocycles. The third kappa shape index (κ3) is 4.09. The summed E-state index contributed by atoms with van der Waals surface area (Å²) in [7, 11) is 0. The first-order valence-electron chi connectivity index (χ1n) is 6.80. The van der Waals surface area contributed by atoms with E-state index in [0.29, 0.717) is 17.1 Å². The summed E-state index contributed by atoms with van der Waals surface area (Å²) in [4.78, 5) is 22.9. The van der Waals surface area contributed by atoms with E-state index in [9.17, 15) is 9.59 Å². The molecule has 22 heavy (non-hydrogen) atoms. The van der Waals surface area contributed by atoms with Gasteiger partial charge in [0.05, 0.1) is 0 Å². The minimum atomic E-state index is -0.752. The Morgan fingerprint density at radius 3 is 2.32 bits per heavy atom. The fourth-order valence-electron chi connectivity index (χ4n) is 1.83. The molecule has 1 atom stereocenters. The van der Waals surface area contributed by atoms with Crippen molar-refractivity contribution in [2.45, 2.75) is 20.0 Å². The molecule has 0 radical (unpaired) electrons. The van der Waals surface area contributed by atoms with Crippen LogP contribution >= 0.6 is 0 Å². The van der Waals surface area contributed by atoms with E-state index in [1.807, 2.05) is 25.1 Å². The van der Waals surface area contributed by atoms with E-state index >= 15 is 0 Å². The maximum atomic E-state index is 12.0. The van der Waals surface area contributed by atoms with Gasteiger partial charge in [-0.3, -0.25) is 4.79 Å². The fraction of sp³-hybridized carbons (Fsp3) is 0.176. The van der Waals surface area contributed by atoms with Gasteiger partial charge in [-0.05, 0) is 55.8 Å². The van der Waals surface area contributed by atoms with Crippen LogP contribution in [0, 0.1) is 6.92 Å². The van der Waals surface area contributed by atoms with Crippen LogP contribution in [0.25, 0.3) is 0 Å². The summed E-state index contributed by atoms with van der Waals surface area (Å²) in [5, 5.41) is 0. The van der Waals surface area contributed by atoms with E-state index < -0.39 is 18.0 Å². The third-order valence-corrected chi connectivity index (χ3v) is 2.99. The van der Waals surface area contributed by atoms with E-state index in [-0.39, 0.29) is 0 Å². The van der Waals surface area contributed by atoms with Crippen molar-refractivity contribution in [1.82, 2.24) is 0 Å². The molecule has 0 unspecified atom stereocenters. The molecule has 0 spiro atoms. The van der Waals surface area contributed by atoms with Crippen molar-refractivity contribution in [3.8, 4) is 11.5 Å². The van der Waals surface area contributed by atoms with Gasteiger partial charge in [0, 0.05) is 5.56 Å². The monoisotopic (exact) mass is 299 g/mol. The Balaban J connectivity index is 1.97. The molecule has 5 heteroatoms. The highest BCUT2D eigenvalue weighted by Crippen LogP contribution is 2.16.